The summed E-state index contributed by atoms with van der Waals surface area (Å²) in [5.41, 5.74) is 0.953. The Balaban J connectivity index is 1.68. The largest absolute Gasteiger partial charge is 0.503 e. The fraction of sp³-hybridized carbons (Fsp3) is 0.0476. The second-order valence-corrected chi connectivity index (χ2v) is 9.01. The molecule has 0 aliphatic carbocycles. The van der Waals surface area contributed by atoms with Gasteiger partial charge in [-0.25, -0.2) is 14.4 Å². The number of benzene rings is 2. The van der Waals surface area contributed by atoms with Crippen LogP contribution in [0.15, 0.2) is 65.4 Å². The van der Waals surface area contributed by atoms with Gasteiger partial charge >= 0.3 is 0 Å². The molecule has 6 nitrogen and oxygen atoms in total. The Morgan fingerprint density at radius 2 is 1.97 bits per heavy atom. The van der Waals surface area contributed by atoms with Gasteiger partial charge in [-0.2, -0.15) is 0 Å². The van der Waals surface area contributed by atoms with Crippen LogP contribution in [-0.2, 0) is 4.79 Å². The second kappa shape index (κ2) is 7.52. The Kier molecular flexibility index (Phi) is 4.81. The first-order chi connectivity index (χ1) is 14.9. The van der Waals surface area contributed by atoms with E-state index in [0.29, 0.717) is 16.1 Å². The van der Waals surface area contributed by atoms with E-state index in [1.807, 2.05) is 0 Å². The van der Waals surface area contributed by atoms with Crippen LogP contribution in [0.4, 0.5) is 9.52 Å². The number of carbonyl (C=O) groups is 2. The van der Waals surface area contributed by atoms with Gasteiger partial charge in [0.1, 0.15) is 5.82 Å². The predicted molar refractivity (Wildman–Crippen MR) is 117 cm³/mol. The molecule has 10 heteroatoms. The molecule has 0 spiro atoms. The summed E-state index contributed by atoms with van der Waals surface area (Å²) in [5, 5.41) is 13.3. The van der Waals surface area contributed by atoms with E-state index in [9.17, 15) is 19.1 Å². The number of fused-ring (bicyclic) bond motifs is 1. The molecular formula is C21H11ClFN3O3S2. The first-order valence-corrected chi connectivity index (χ1v) is 11.0. The third kappa shape index (κ3) is 3.31. The van der Waals surface area contributed by atoms with Crippen molar-refractivity contribution in [1.82, 2.24) is 9.97 Å². The molecule has 154 valence electrons. The molecule has 2 aromatic carbocycles. The number of amides is 1. The number of thiazole rings is 2. The molecule has 4 aromatic rings. The number of nitrogens with zero attached hydrogens (tertiary/aromatic N) is 3. The number of rotatable bonds is 4. The van der Waals surface area contributed by atoms with Crippen LogP contribution in [0.5, 0.6) is 0 Å². The molecular weight excluding hydrogens is 461 g/mol. The average molecular weight is 472 g/mol. The molecule has 0 fully saturated rings. The molecule has 5 rings (SSSR count). The Labute approximate surface area is 187 Å². The number of aliphatic hydroxyl groups excluding tert-OH is 1. The van der Waals surface area contributed by atoms with Crippen LogP contribution < -0.4 is 4.90 Å². The van der Waals surface area contributed by atoms with Gasteiger partial charge in [0, 0.05) is 16.6 Å². The zero-order valence-electron chi connectivity index (χ0n) is 15.5. The standard InChI is InChI=1S/C21H11ClFN3O3S2/c22-11-3-6-13-14(9-11)31-21(25-13)26-16(10-1-4-12(23)5-2-10)15(18(28)20(26)29)17(27)19-24-7-8-30-19/h1-9,16,28H. The van der Waals surface area contributed by atoms with Crippen molar-refractivity contribution in [3.63, 3.8) is 0 Å². The molecule has 1 unspecified atom stereocenters. The van der Waals surface area contributed by atoms with Gasteiger partial charge in [-0.05, 0) is 35.9 Å². The number of anilines is 1. The Morgan fingerprint density at radius 3 is 2.68 bits per heavy atom. The highest BCUT2D eigenvalue weighted by molar-refractivity contribution is 7.22. The fourth-order valence-corrected chi connectivity index (χ4v) is 5.29. The molecule has 1 N–H and O–H groups in total. The Morgan fingerprint density at radius 1 is 1.19 bits per heavy atom. The molecule has 1 aliphatic rings. The summed E-state index contributed by atoms with van der Waals surface area (Å²) in [6.07, 6.45) is 1.47. The van der Waals surface area contributed by atoms with Gasteiger partial charge in [-0.1, -0.05) is 35.1 Å². The number of hydrogen-bond acceptors (Lipinski definition) is 7. The minimum Gasteiger partial charge on any atom is -0.503 e. The second-order valence-electron chi connectivity index (χ2n) is 6.67. The molecule has 1 amide bonds. The van der Waals surface area contributed by atoms with Crippen molar-refractivity contribution in [3.8, 4) is 0 Å². The van der Waals surface area contributed by atoms with Crippen LogP contribution in [0, 0.1) is 5.82 Å². The van der Waals surface area contributed by atoms with E-state index in [1.165, 1.54) is 46.7 Å². The average Bonchev–Trinajstić information content (AvgIpc) is 3.47. The van der Waals surface area contributed by atoms with Gasteiger partial charge in [0.05, 0.1) is 21.8 Å². The van der Waals surface area contributed by atoms with Crippen LogP contribution in [0.1, 0.15) is 21.4 Å². The lowest BCUT2D eigenvalue weighted by Gasteiger charge is -2.24. The van der Waals surface area contributed by atoms with Crippen molar-refractivity contribution >= 4 is 61.3 Å². The van der Waals surface area contributed by atoms with Crippen LogP contribution in [0.2, 0.25) is 5.02 Å². The topological polar surface area (TPSA) is 83.4 Å². The lowest BCUT2D eigenvalue weighted by atomic mass is 9.96. The van der Waals surface area contributed by atoms with Crippen molar-refractivity contribution in [3.05, 3.63) is 86.8 Å². The van der Waals surface area contributed by atoms with Crippen molar-refractivity contribution in [2.75, 3.05) is 4.90 Å². The van der Waals surface area contributed by atoms with Crippen LogP contribution in [0.3, 0.4) is 0 Å². The number of aliphatic hydroxyl groups is 1. The zero-order chi connectivity index (χ0) is 21.7. The van der Waals surface area contributed by atoms with Gasteiger partial charge in [0.25, 0.3) is 5.91 Å². The Hall–Kier alpha value is -3.14. The third-order valence-electron chi connectivity index (χ3n) is 4.81. The molecule has 0 saturated heterocycles. The number of Topliss-reactive ketones (excluding diaryl/α,β-unsaturated/α-hetero) is 1. The lowest BCUT2D eigenvalue weighted by molar-refractivity contribution is -0.117. The fourth-order valence-electron chi connectivity index (χ4n) is 3.44. The maximum Gasteiger partial charge on any atom is 0.296 e. The van der Waals surface area contributed by atoms with Gasteiger partial charge in [0.15, 0.2) is 15.9 Å². The third-order valence-corrected chi connectivity index (χ3v) is 6.83. The highest BCUT2D eigenvalue weighted by Crippen LogP contribution is 2.44. The monoisotopic (exact) mass is 471 g/mol. The highest BCUT2D eigenvalue weighted by atomic mass is 35.5. The number of aromatic nitrogens is 2. The first kappa shape index (κ1) is 19.8. The smallest absolute Gasteiger partial charge is 0.296 e. The molecule has 1 aliphatic heterocycles. The summed E-state index contributed by atoms with van der Waals surface area (Å²) in [5.74, 6) is -2.47. The van der Waals surface area contributed by atoms with E-state index < -0.39 is 29.3 Å². The predicted octanol–water partition coefficient (Wildman–Crippen LogP) is 5.33. The van der Waals surface area contributed by atoms with Crippen LogP contribution >= 0.6 is 34.3 Å². The summed E-state index contributed by atoms with van der Waals surface area (Å²) in [6.45, 7) is 0. The quantitative estimate of drug-likeness (QED) is 0.407. The van der Waals surface area contributed by atoms with E-state index in [1.54, 1.807) is 23.6 Å². The Bertz CT molecular complexity index is 1370. The molecule has 31 heavy (non-hydrogen) atoms. The van der Waals surface area contributed by atoms with Crippen molar-refractivity contribution in [2.24, 2.45) is 0 Å². The number of carbonyl (C=O) groups excluding carboxylic acids is 2. The number of ketones is 1. The van der Waals surface area contributed by atoms with Crippen molar-refractivity contribution in [1.29, 1.82) is 0 Å². The summed E-state index contributed by atoms with van der Waals surface area (Å²) >= 11 is 8.37. The van der Waals surface area contributed by atoms with Gasteiger partial charge in [0.2, 0.25) is 5.78 Å². The van der Waals surface area contributed by atoms with E-state index in [-0.39, 0.29) is 15.7 Å². The van der Waals surface area contributed by atoms with Crippen molar-refractivity contribution < 1.29 is 19.1 Å². The van der Waals surface area contributed by atoms with E-state index in [0.717, 1.165) is 16.0 Å². The number of halogens is 2. The molecule has 0 bridgehead atoms. The summed E-state index contributed by atoms with van der Waals surface area (Å²) in [6, 6.07) is 9.55. The van der Waals surface area contributed by atoms with E-state index in [2.05, 4.69) is 9.97 Å². The molecule has 3 heterocycles. The summed E-state index contributed by atoms with van der Waals surface area (Å²) in [7, 11) is 0. The maximum atomic E-state index is 13.6. The van der Waals surface area contributed by atoms with Crippen LogP contribution in [0.25, 0.3) is 10.2 Å². The normalized spacial score (nSPS) is 16.5. The molecule has 1 atom stereocenters. The lowest BCUT2D eigenvalue weighted by Crippen LogP contribution is -2.31. The SMILES string of the molecule is O=C(C1=C(O)C(=O)N(c2nc3ccc(Cl)cc3s2)C1c1ccc(F)cc1)c1nccs1. The van der Waals surface area contributed by atoms with Crippen molar-refractivity contribution in [2.45, 2.75) is 6.04 Å². The van der Waals surface area contributed by atoms with Gasteiger partial charge < -0.3 is 5.11 Å². The van der Waals surface area contributed by atoms with E-state index >= 15 is 0 Å². The minimum atomic E-state index is -0.986. The summed E-state index contributed by atoms with van der Waals surface area (Å²) < 4.78 is 14.3. The minimum absolute atomic E-state index is 0.121. The number of hydrogen-bond donors (Lipinski definition) is 1. The summed E-state index contributed by atoms with van der Waals surface area (Å²) in [4.78, 5) is 36.0. The molecule has 0 radical (unpaired) electrons. The van der Waals surface area contributed by atoms with Gasteiger partial charge in [-0.3, -0.25) is 14.5 Å². The van der Waals surface area contributed by atoms with Gasteiger partial charge in [-0.15, -0.1) is 11.3 Å². The maximum absolute atomic E-state index is 13.6. The first-order valence-electron chi connectivity index (χ1n) is 8.96. The molecule has 0 saturated carbocycles. The zero-order valence-corrected chi connectivity index (χ0v) is 17.8. The van der Waals surface area contributed by atoms with E-state index in [4.69, 9.17) is 11.6 Å². The highest BCUT2D eigenvalue weighted by Gasteiger charge is 2.46. The van der Waals surface area contributed by atoms with Crippen LogP contribution in [-0.4, -0.2) is 26.8 Å². The molecule has 2 aromatic heterocycles.